The number of hydrogen-bond donors (Lipinski definition) is 1. The molecule has 0 saturated carbocycles. The Balaban J connectivity index is 3.08. The second-order valence-electron chi connectivity index (χ2n) is 2.32. The maximum absolute atomic E-state index is 12.2. The molecule has 0 amide bonds. The number of hydrogen-bond acceptors (Lipinski definition) is 4. The number of halogens is 3. The summed E-state index contributed by atoms with van der Waals surface area (Å²) in [5.74, 6) is 0. The molecule has 1 aromatic rings. The zero-order chi connectivity index (χ0) is 10.8. The van der Waals surface area contributed by atoms with Gasteiger partial charge in [0.05, 0.1) is 5.69 Å². The SMILES string of the molecule is CSC(=N)c1cc(C(F)(F)F)ncn1. The Bertz CT molecular complexity index is 350. The summed E-state index contributed by atoms with van der Waals surface area (Å²) in [6.07, 6.45) is -2.09. The number of nitrogens with zero attached hydrogens (tertiary/aromatic N) is 2. The molecule has 14 heavy (non-hydrogen) atoms. The van der Waals surface area contributed by atoms with Crippen LogP contribution >= 0.6 is 11.8 Å². The molecule has 1 heterocycles. The molecule has 76 valence electrons. The van der Waals surface area contributed by atoms with Gasteiger partial charge in [0.1, 0.15) is 17.1 Å². The van der Waals surface area contributed by atoms with Crippen molar-refractivity contribution in [2.45, 2.75) is 6.18 Å². The summed E-state index contributed by atoms with van der Waals surface area (Å²) >= 11 is 1.02. The van der Waals surface area contributed by atoms with Gasteiger partial charge in [0.25, 0.3) is 0 Å². The molecule has 1 rings (SSSR count). The summed E-state index contributed by atoms with van der Waals surface area (Å²) in [5, 5.41) is 7.27. The summed E-state index contributed by atoms with van der Waals surface area (Å²) in [6, 6.07) is 0.763. The van der Waals surface area contributed by atoms with Crippen LogP contribution in [0, 0.1) is 5.41 Å². The summed E-state index contributed by atoms with van der Waals surface area (Å²) in [7, 11) is 0. The molecule has 0 atom stereocenters. The van der Waals surface area contributed by atoms with Gasteiger partial charge in [-0.2, -0.15) is 13.2 Å². The normalized spacial score (nSPS) is 11.4. The minimum absolute atomic E-state index is 0.0141. The van der Waals surface area contributed by atoms with E-state index in [1.54, 1.807) is 6.26 Å². The van der Waals surface area contributed by atoms with Crippen LogP contribution in [0.25, 0.3) is 0 Å². The van der Waals surface area contributed by atoms with Crippen molar-refractivity contribution in [3.05, 3.63) is 23.8 Å². The van der Waals surface area contributed by atoms with E-state index in [1.165, 1.54) is 0 Å². The molecule has 0 fully saturated rings. The van der Waals surface area contributed by atoms with E-state index in [4.69, 9.17) is 5.41 Å². The third-order valence-electron chi connectivity index (χ3n) is 1.39. The number of rotatable bonds is 1. The van der Waals surface area contributed by atoms with Crippen LogP contribution in [0.3, 0.4) is 0 Å². The van der Waals surface area contributed by atoms with E-state index < -0.39 is 11.9 Å². The van der Waals surface area contributed by atoms with Crippen LogP contribution in [-0.4, -0.2) is 21.3 Å². The van der Waals surface area contributed by atoms with Crippen LogP contribution in [0.4, 0.5) is 13.2 Å². The van der Waals surface area contributed by atoms with Crippen LogP contribution in [0.2, 0.25) is 0 Å². The molecular weight excluding hydrogens is 215 g/mol. The Kier molecular flexibility index (Phi) is 3.10. The van der Waals surface area contributed by atoms with Crippen molar-refractivity contribution in [1.29, 1.82) is 5.41 Å². The zero-order valence-corrected chi connectivity index (χ0v) is 7.91. The van der Waals surface area contributed by atoms with Gasteiger partial charge in [-0.25, -0.2) is 9.97 Å². The smallest absolute Gasteiger partial charge is 0.292 e. The lowest BCUT2D eigenvalue weighted by Gasteiger charge is -2.06. The molecule has 7 heteroatoms. The van der Waals surface area contributed by atoms with Crippen LogP contribution in [0.5, 0.6) is 0 Å². The first-order valence-corrected chi connectivity index (χ1v) is 4.70. The van der Waals surface area contributed by atoms with Gasteiger partial charge in [0.2, 0.25) is 0 Å². The van der Waals surface area contributed by atoms with Gasteiger partial charge in [-0.3, -0.25) is 5.41 Å². The van der Waals surface area contributed by atoms with Crippen molar-refractivity contribution in [3.8, 4) is 0 Å². The molecule has 0 saturated heterocycles. The summed E-state index contributed by atoms with van der Waals surface area (Å²) in [4.78, 5) is 6.65. The molecule has 1 aromatic heterocycles. The van der Waals surface area contributed by atoms with Gasteiger partial charge >= 0.3 is 6.18 Å². The molecule has 0 unspecified atom stereocenters. The summed E-state index contributed by atoms with van der Waals surface area (Å²) in [6.45, 7) is 0. The first-order valence-electron chi connectivity index (χ1n) is 3.47. The van der Waals surface area contributed by atoms with Crippen molar-refractivity contribution in [1.82, 2.24) is 9.97 Å². The Morgan fingerprint density at radius 3 is 2.57 bits per heavy atom. The highest BCUT2D eigenvalue weighted by Crippen LogP contribution is 2.27. The second-order valence-corrected chi connectivity index (χ2v) is 3.14. The molecule has 0 aliphatic rings. The molecule has 0 aliphatic carbocycles. The topological polar surface area (TPSA) is 49.6 Å². The van der Waals surface area contributed by atoms with Crippen LogP contribution < -0.4 is 0 Å². The lowest BCUT2D eigenvalue weighted by Crippen LogP contribution is -2.10. The second kappa shape index (κ2) is 3.95. The van der Waals surface area contributed by atoms with Gasteiger partial charge in [0, 0.05) is 0 Å². The third-order valence-corrected chi connectivity index (χ3v) is 2.01. The lowest BCUT2D eigenvalue weighted by molar-refractivity contribution is -0.141. The average Bonchev–Trinajstić information content (AvgIpc) is 2.15. The van der Waals surface area contributed by atoms with Crippen LogP contribution in [0.1, 0.15) is 11.4 Å². The third kappa shape index (κ3) is 2.44. The molecule has 0 spiro atoms. The van der Waals surface area contributed by atoms with Gasteiger partial charge in [0.15, 0.2) is 0 Å². The molecule has 0 radical (unpaired) electrons. The summed E-state index contributed by atoms with van der Waals surface area (Å²) in [5.41, 5.74) is -1.04. The number of thioether (sulfide) groups is 1. The van der Waals surface area contributed by atoms with E-state index >= 15 is 0 Å². The van der Waals surface area contributed by atoms with Crippen molar-refractivity contribution >= 4 is 16.8 Å². The molecule has 0 bridgehead atoms. The van der Waals surface area contributed by atoms with E-state index in [1.807, 2.05) is 0 Å². The van der Waals surface area contributed by atoms with Crippen LogP contribution in [0.15, 0.2) is 12.4 Å². The molecule has 0 aromatic carbocycles. The maximum atomic E-state index is 12.2. The van der Waals surface area contributed by atoms with Gasteiger partial charge in [-0.15, -0.1) is 11.8 Å². The van der Waals surface area contributed by atoms with Gasteiger partial charge < -0.3 is 0 Å². The highest BCUT2D eigenvalue weighted by molar-refractivity contribution is 8.13. The number of nitrogens with one attached hydrogen (secondary N) is 1. The van der Waals surface area contributed by atoms with Crippen molar-refractivity contribution < 1.29 is 13.2 Å². The van der Waals surface area contributed by atoms with E-state index in [0.717, 1.165) is 24.2 Å². The standard InChI is InChI=1S/C7H6F3N3S/c1-14-6(11)4-2-5(7(8,9)10)13-3-12-4/h2-3,11H,1H3. The van der Waals surface area contributed by atoms with Gasteiger partial charge in [-0.05, 0) is 12.3 Å². The average molecular weight is 221 g/mol. The van der Waals surface area contributed by atoms with E-state index in [-0.39, 0.29) is 10.7 Å². The minimum Gasteiger partial charge on any atom is -0.292 e. The summed E-state index contributed by atoms with van der Waals surface area (Å²) < 4.78 is 36.5. The predicted molar refractivity (Wildman–Crippen MR) is 47.4 cm³/mol. The predicted octanol–water partition coefficient (Wildman–Crippen LogP) is 2.18. The zero-order valence-electron chi connectivity index (χ0n) is 7.09. The Labute approximate surface area is 82.3 Å². The van der Waals surface area contributed by atoms with E-state index in [9.17, 15) is 13.2 Å². The quantitative estimate of drug-likeness (QED) is 0.584. The fraction of sp³-hybridized carbons (Fsp3) is 0.286. The molecule has 3 nitrogen and oxygen atoms in total. The monoisotopic (exact) mass is 221 g/mol. The fourth-order valence-electron chi connectivity index (χ4n) is 0.741. The first kappa shape index (κ1) is 11.0. The van der Waals surface area contributed by atoms with Crippen molar-refractivity contribution in [2.75, 3.05) is 6.26 Å². The number of aromatic nitrogens is 2. The Hall–Kier alpha value is -1.11. The van der Waals surface area contributed by atoms with E-state index in [0.29, 0.717) is 0 Å². The molecular formula is C7H6F3N3S. The van der Waals surface area contributed by atoms with Crippen LogP contribution in [-0.2, 0) is 6.18 Å². The van der Waals surface area contributed by atoms with E-state index in [2.05, 4.69) is 9.97 Å². The highest BCUT2D eigenvalue weighted by atomic mass is 32.2. The first-order chi connectivity index (χ1) is 6.45. The maximum Gasteiger partial charge on any atom is 0.433 e. The fourth-order valence-corrected chi connectivity index (χ4v) is 1.06. The number of alkyl halides is 3. The molecule has 1 N–H and O–H groups in total. The Morgan fingerprint density at radius 1 is 1.43 bits per heavy atom. The largest absolute Gasteiger partial charge is 0.433 e. The molecule has 0 aliphatic heterocycles. The van der Waals surface area contributed by atoms with Gasteiger partial charge in [-0.1, -0.05) is 0 Å². The highest BCUT2D eigenvalue weighted by Gasteiger charge is 2.32. The Morgan fingerprint density at radius 2 is 2.07 bits per heavy atom. The minimum atomic E-state index is -4.49. The van der Waals surface area contributed by atoms with Crippen molar-refractivity contribution in [2.24, 2.45) is 0 Å². The van der Waals surface area contributed by atoms with Crippen molar-refractivity contribution in [3.63, 3.8) is 0 Å². The lowest BCUT2D eigenvalue weighted by atomic mass is 10.3.